The van der Waals surface area contributed by atoms with E-state index < -0.39 is 12.2 Å². The van der Waals surface area contributed by atoms with Crippen molar-refractivity contribution < 1.29 is 14.6 Å². The van der Waals surface area contributed by atoms with Crippen LogP contribution >= 0.6 is 0 Å². The summed E-state index contributed by atoms with van der Waals surface area (Å²) in [6.07, 6.45) is 6.86. The van der Waals surface area contributed by atoms with Crippen LogP contribution in [0.2, 0.25) is 0 Å². The first-order chi connectivity index (χ1) is 11.6. The number of imidazole rings is 1. The number of ether oxygens (including phenoxy) is 1. The van der Waals surface area contributed by atoms with Crippen LogP contribution in [-0.2, 0) is 18.4 Å². The van der Waals surface area contributed by atoms with E-state index >= 15 is 0 Å². The van der Waals surface area contributed by atoms with Crippen molar-refractivity contribution in [2.45, 2.75) is 25.2 Å². The minimum absolute atomic E-state index is 0.182. The number of aliphatic hydroxyl groups is 1. The highest BCUT2D eigenvalue weighted by atomic mass is 16.6. The molecule has 0 aliphatic carbocycles. The van der Waals surface area contributed by atoms with Crippen molar-refractivity contribution in [2.24, 2.45) is 7.05 Å². The fourth-order valence-electron chi connectivity index (χ4n) is 2.78. The van der Waals surface area contributed by atoms with Gasteiger partial charge in [-0.2, -0.15) is 0 Å². The van der Waals surface area contributed by atoms with E-state index in [2.05, 4.69) is 4.98 Å². The highest BCUT2D eigenvalue weighted by molar-refractivity contribution is 5.69. The zero-order valence-corrected chi connectivity index (χ0v) is 13.6. The Morgan fingerprint density at radius 1 is 1.42 bits per heavy atom. The van der Waals surface area contributed by atoms with Gasteiger partial charge in [0.25, 0.3) is 0 Å². The highest BCUT2D eigenvalue weighted by Crippen LogP contribution is 2.21. The van der Waals surface area contributed by atoms with Crippen molar-refractivity contribution in [3.8, 4) is 0 Å². The lowest BCUT2D eigenvalue weighted by atomic mass is 10.2. The van der Waals surface area contributed by atoms with E-state index in [1.54, 1.807) is 17.4 Å². The molecule has 1 N–H and O–H groups in total. The summed E-state index contributed by atoms with van der Waals surface area (Å²) in [5.74, 6) is 0. The summed E-state index contributed by atoms with van der Waals surface area (Å²) in [4.78, 5) is 18.0. The van der Waals surface area contributed by atoms with Gasteiger partial charge in [0.15, 0.2) is 0 Å². The van der Waals surface area contributed by atoms with E-state index in [0.29, 0.717) is 6.42 Å². The van der Waals surface area contributed by atoms with Gasteiger partial charge in [-0.05, 0) is 18.1 Å². The first-order valence-corrected chi connectivity index (χ1v) is 7.93. The third-order valence-electron chi connectivity index (χ3n) is 4.10. The number of carbonyl (C=O) groups is 1. The van der Waals surface area contributed by atoms with Gasteiger partial charge in [0.2, 0.25) is 0 Å². The number of benzene rings is 1. The van der Waals surface area contributed by atoms with Crippen LogP contribution < -0.4 is 0 Å². The Labute approximate surface area is 141 Å². The number of rotatable bonds is 4. The predicted octanol–water partition coefficient (Wildman–Crippen LogP) is 2.21. The number of likely N-dealkylation sites (tertiary alicyclic amines) is 1. The molecule has 0 spiro atoms. The van der Waals surface area contributed by atoms with Gasteiger partial charge in [-0.25, -0.2) is 9.78 Å². The van der Waals surface area contributed by atoms with Crippen molar-refractivity contribution >= 4 is 12.2 Å². The number of hydrogen-bond acceptors (Lipinski definition) is 4. The largest absolute Gasteiger partial charge is 0.445 e. The number of aromatic nitrogens is 2. The zero-order valence-electron chi connectivity index (χ0n) is 13.6. The van der Waals surface area contributed by atoms with E-state index in [9.17, 15) is 9.90 Å². The molecule has 126 valence electrons. The standard InChI is InChI=1S/C18H21N3O3/c1-20-13-19-10-16(20)8-7-15-9-17(22)11-21(15)18(23)24-12-14-5-3-2-4-6-14/h2-8,10,13,15,17,22H,9,11-12H2,1H3/t15-,17-/m1/s1. The molecule has 3 rings (SSSR count). The molecule has 1 aliphatic rings. The van der Waals surface area contributed by atoms with E-state index in [4.69, 9.17) is 4.74 Å². The normalized spacial score (nSPS) is 20.7. The molecule has 6 nitrogen and oxygen atoms in total. The summed E-state index contributed by atoms with van der Waals surface area (Å²) in [7, 11) is 1.90. The van der Waals surface area contributed by atoms with Crippen LogP contribution in [0.25, 0.3) is 6.08 Å². The Bertz CT molecular complexity index is 711. The number of aliphatic hydroxyl groups excluding tert-OH is 1. The smallest absolute Gasteiger partial charge is 0.410 e. The monoisotopic (exact) mass is 327 g/mol. The van der Waals surface area contributed by atoms with Crippen LogP contribution in [-0.4, -0.2) is 44.3 Å². The number of β-amino-alcohol motifs (C(OH)–C–C–N with tert-alkyl or cyclic N) is 1. The summed E-state index contributed by atoms with van der Waals surface area (Å²) in [5, 5.41) is 9.92. The second-order valence-corrected chi connectivity index (χ2v) is 5.94. The molecule has 1 aromatic carbocycles. The second kappa shape index (κ2) is 7.31. The summed E-state index contributed by atoms with van der Waals surface area (Å²) >= 11 is 0. The molecule has 2 atom stereocenters. The highest BCUT2D eigenvalue weighted by Gasteiger charge is 2.33. The number of amides is 1. The minimum atomic E-state index is -0.532. The Hall–Kier alpha value is -2.60. The predicted molar refractivity (Wildman–Crippen MR) is 90.0 cm³/mol. The molecular formula is C18H21N3O3. The van der Waals surface area contributed by atoms with Crippen LogP contribution in [0, 0.1) is 0 Å². The Kier molecular flexibility index (Phi) is 4.96. The van der Waals surface area contributed by atoms with Crippen molar-refractivity contribution in [1.82, 2.24) is 14.5 Å². The van der Waals surface area contributed by atoms with Gasteiger partial charge in [0.05, 0.1) is 36.9 Å². The lowest BCUT2D eigenvalue weighted by Gasteiger charge is -2.21. The third kappa shape index (κ3) is 3.83. The van der Waals surface area contributed by atoms with E-state index in [1.807, 2.05) is 54.1 Å². The lowest BCUT2D eigenvalue weighted by Crippen LogP contribution is -2.35. The number of aryl methyl sites for hydroxylation is 1. The average Bonchev–Trinajstić information content (AvgIpc) is 3.17. The van der Waals surface area contributed by atoms with Crippen molar-refractivity contribution in [1.29, 1.82) is 0 Å². The van der Waals surface area contributed by atoms with Gasteiger partial charge in [-0.15, -0.1) is 0 Å². The molecule has 1 aromatic heterocycles. The first kappa shape index (κ1) is 16.3. The maximum Gasteiger partial charge on any atom is 0.410 e. The van der Waals surface area contributed by atoms with Gasteiger partial charge in [-0.3, -0.25) is 4.90 Å². The number of hydrogen-bond donors (Lipinski definition) is 1. The molecule has 24 heavy (non-hydrogen) atoms. The Morgan fingerprint density at radius 3 is 2.92 bits per heavy atom. The molecule has 2 heterocycles. The van der Waals surface area contributed by atoms with Gasteiger partial charge >= 0.3 is 6.09 Å². The minimum Gasteiger partial charge on any atom is -0.445 e. The van der Waals surface area contributed by atoms with Crippen LogP contribution in [0.15, 0.2) is 48.9 Å². The van der Waals surface area contributed by atoms with Crippen molar-refractivity contribution in [3.63, 3.8) is 0 Å². The third-order valence-corrected chi connectivity index (χ3v) is 4.10. The summed E-state index contributed by atoms with van der Waals surface area (Å²) in [6.45, 7) is 0.512. The number of nitrogens with zero attached hydrogens (tertiary/aromatic N) is 3. The van der Waals surface area contributed by atoms with Gasteiger partial charge in [0, 0.05) is 7.05 Å². The second-order valence-electron chi connectivity index (χ2n) is 5.94. The van der Waals surface area contributed by atoms with Gasteiger partial charge < -0.3 is 14.4 Å². The molecule has 1 aliphatic heterocycles. The van der Waals surface area contributed by atoms with Crippen LogP contribution in [0.4, 0.5) is 4.79 Å². The van der Waals surface area contributed by atoms with E-state index in [-0.39, 0.29) is 19.2 Å². The quantitative estimate of drug-likeness (QED) is 0.935. The SMILES string of the molecule is Cn1cncc1C=C[C@@H]1C[C@@H](O)CN1C(=O)OCc1ccccc1. The molecule has 1 saturated heterocycles. The molecule has 0 unspecified atom stereocenters. The molecule has 1 amide bonds. The van der Waals surface area contributed by atoms with Crippen LogP contribution in [0.1, 0.15) is 17.7 Å². The summed E-state index contributed by atoms with van der Waals surface area (Å²) in [5.41, 5.74) is 1.88. The molecule has 0 radical (unpaired) electrons. The fraction of sp³-hybridized carbons (Fsp3) is 0.333. The lowest BCUT2D eigenvalue weighted by molar-refractivity contribution is 0.0920. The maximum absolute atomic E-state index is 12.3. The fourth-order valence-corrected chi connectivity index (χ4v) is 2.78. The average molecular weight is 327 g/mol. The van der Waals surface area contributed by atoms with Crippen molar-refractivity contribution in [3.05, 3.63) is 60.2 Å². The van der Waals surface area contributed by atoms with E-state index in [1.165, 1.54) is 0 Å². The zero-order chi connectivity index (χ0) is 16.9. The first-order valence-electron chi connectivity index (χ1n) is 7.93. The summed E-state index contributed by atoms with van der Waals surface area (Å²) in [6, 6.07) is 9.36. The Morgan fingerprint density at radius 2 is 2.21 bits per heavy atom. The van der Waals surface area contributed by atoms with Crippen molar-refractivity contribution in [2.75, 3.05) is 6.54 Å². The topological polar surface area (TPSA) is 67.6 Å². The molecule has 1 fully saturated rings. The molecule has 0 bridgehead atoms. The Balaban J connectivity index is 1.63. The molecular weight excluding hydrogens is 306 g/mol. The maximum atomic E-state index is 12.3. The van der Waals surface area contributed by atoms with Gasteiger partial charge in [0.1, 0.15) is 6.61 Å². The molecule has 0 saturated carbocycles. The van der Waals surface area contributed by atoms with Crippen LogP contribution in [0.5, 0.6) is 0 Å². The molecule has 6 heteroatoms. The van der Waals surface area contributed by atoms with E-state index in [0.717, 1.165) is 11.3 Å². The molecule has 2 aromatic rings. The van der Waals surface area contributed by atoms with Crippen LogP contribution in [0.3, 0.4) is 0 Å². The summed E-state index contributed by atoms with van der Waals surface area (Å²) < 4.78 is 7.26. The number of carbonyl (C=O) groups excluding carboxylic acids is 1. The van der Waals surface area contributed by atoms with Gasteiger partial charge in [-0.1, -0.05) is 36.4 Å².